The quantitative estimate of drug-likeness (QED) is 0.654. The number of nitrogens with zero attached hydrogens (tertiary/aromatic N) is 1. The number of nitrogens with two attached hydrogens (primary N) is 1. The Kier molecular flexibility index (Phi) is 5.67. The standard InChI is InChI=1S/C22H26N4O3/c23-19-3-1-2-4-20(19)25-21(27)16-7-9-17(10-8-16)26(18-11-12-24-13-18)22(28)29-14-15-5-6-15/h1-4,7-10,15,18,24H,5-6,11-14,23H2,(H,25,27). The molecule has 152 valence electrons. The van der Waals surface area contributed by atoms with Gasteiger partial charge in [-0.25, -0.2) is 4.79 Å². The highest BCUT2D eigenvalue weighted by molar-refractivity contribution is 6.06. The lowest BCUT2D eigenvalue weighted by Gasteiger charge is -2.28. The third-order valence-corrected chi connectivity index (χ3v) is 5.35. The van der Waals surface area contributed by atoms with Crippen LogP contribution in [0.3, 0.4) is 0 Å². The molecular weight excluding hydrogens is 368 g/mol. The van der Waals surface area contributed by atoms with Crippen molar-refractivity contribution in [2.45, 2.75) is 25.3 Å². The van der Waals surface area contributed by atoms with Gasteiger partial charge in [0.25, 0.3) is 5.91 Å². The number of rotatable bonds is 6. The van der Waals surface area contributed by atoms with Crippen molar-refractivity contribution in [1.29, 1.82) is 0 Å². The second-order valence-electron chi connectivity index (χ2n) is 7.63. The van der Waals surface area contributed by atoms with E-state index in [1.165, 1.54) is 0 Å². The van der Waals surface area contributed by atoms with Gasteiger partial charge in [-0.2, -0.15) is 0 Å². The Balaban J connectivity index is 1.47. The van der Waals surface area contributed by atoms with Crippen LogP contribution in [0.2, 0.25) is 0 Å². The first-order valence-corrected chi connectivity index (χ1v) is 10.0. The Morgan fingerprint density at radius 2 is 1.86 bits per heavy atom. The second-order valence-corrected chi connectivity index (χ2v) is 7.63. The van der Waals surface area contributed by atoms with E-state index in [0.29, 0.717) is 29.5 Å². The fraction of sp³-hybridized carbons (Fsp3) is 0.364. The Hall–Kier alpha value is -3.06. The van der Waals surface area contributed by atoms with Crippen molar-refractivity contribution in [1.82, 2.24) is 5.32 Å². The number of carbonyl (C=O) groups excluding carboxylic acids is 2. The van der Waals surface area contributed by atoms with E-state index in [0.717, 1.165) is 38.0 Å². The van der Waals surface area contributed by atoms with Gasteiger partial charge >= 0.3 is 6.09 Å². The molecule has 1 saturated heterocycles. The molecule has 0 spiro atoms. The number of hydrogen-bond donors (Lipinski definition) is 3. The predicted molar refractivity (Wildman–Crippen MR) is 113 cm³/mol. The van der Waals surface area contributed by atoms with Crippen molar-refractivity contribution in [3.8, 4) is 0 Å². The van der Waals surface area contributed by atoms with Crippen molar-refractivity contribution in [3.05, 3.63) is 54.1 Å². The van der Waals surface area contributed by atoms with Gasteiger partial charge in [-0.15, -0.1) is 0 Å². The molecule has 2 aliphatic rings. The van der Waals surface area contributed by atoms with Crippen molar-refractivity contribution in [2.75, 3.05) is 35.6 Å². The summed E-state index contributed by atoms with van der Waals surface area (Å²) in [6, 6.07) is 14.2. The number of anilines is 3. The first kappa shape index (κ1) is 19.3. The molecule has 4 N–H and O–H groups in total. The highest BCUT2D eigenvalue weighted by Gasteiger charge is 2.31. The fourth-order valence-electron chi connectivity index (χ4n) is 3.45. The lowest BCUT2D eigenvalue weighted by molar-refractivity contribution is 0.102. The normalized spacial score (nSPS) is 18.3. The van der Waals surface area contributed by atoms with Gasteiger partial charge in [-0.3, -0.25) is 9.69 Å². The molecule has 1 aliphatic carbocycles. The lowest BCUT2D eigenvalue weighted by atomic mass is 10.1. The SMILES string of the molecule is Nc1ccccc1NC(=O)c1ccc(N(C(=O)OCC2CC2)C2CCNC2)cc1. The minimum atomic E-state index is -0.320. The number of ether oxygens (including phenoxy) is 1. The maximum absolute atomic E-state index is 12.7. The van der Waals surface area contributed by atoms with E-state index >= 15 is 0 Å². The van der Waals surface area contributed by atoms with Crippen LogP contribution in [0.15, 0.2) is 48.5 Å². The monoisotopic (exact) mass is 394 g/mol. The molecule has 1 unspecified atom stereocenters. The van der Waals surface area contributed by atoms with Crippen molar-refractivity contribution in [3.63, 3.8) is 0 Å². The Morgan fingerprint density at radius 1 is 1.10 bits per heavy atom. The highest BCUT2D eigenvalue weighted by Crippen LogP contribution is 2.30. The van der Waals surface area contributed by atoms with E-state index in [-0.39, 0.29) is 18.0 Å². The maximum atomic E-state index is 12.7. The van der Waals surface area contributed by atoms with Gasteiger partial charge in [0.05, 0.1) is 24.0 Å². The maximum Gasteiger partial charge on any atom is 0.414 e. The van der Waals surface area contributed by atoms with Crippen LogP contribution in [-0.2, 0) is 4.74 Å². The van der Waals surface area contributed by atoms with E-state index in [1.807, 2.05) is 12.1 Å². The zero-order chi connectivity index (χ0) is 20.2. The number of amides is 2. The zero-order valence-corrected chi connectivity index (χ0v) is 16.3. The molecule has 0 bridgehead atoms. The summed E-state index contributed by atoms with van der Waals surface area (Å²) in [6.45, 7) is 2.08. The Bertz CT molecular complexity index is 874. The molecule has 0 aromatic heterocycles. The van der Waals surface area contributed by atoms with Crippen molar-refractivity contribution < 1.29 is 14.3 Å². The molecule has 1 saturated carbocycles. The molecule has 2 fully saturated rings. The smallest absolute Gasteiger partial charge is 0.414 e. The first-order valence-electron chi connectivity index (χ1n) is 10.0. The molecule has 1 heterocycles. The molecular formula is C22H26N4O3. The van der Waals surface area contributed by atoms with Crippen LogP contribution in [0.4, 0.5) is 21.9 Å². The van der Waals surface area contributed by atoms with Gasteiger partial charge in [0.2, 0.25) is 0 Å². The van der Waals surface area contributed by atoms with Gasteiger partial charge in [0.1, 0.15) is 0 Å². The number of nitrogens with one attached hydrogen (secondary N) is 2. The van der Waals surface area contributed by atoms with Gasteiger partial charge < -0.3 is 21.1 Å². The lowest BCUT2D eigenvalue weighted by Crippen LogP contribution is -2.42. The minimum Gasteiger partial charge on any atom is -0.449 e. The van der Waals surface area contributed by atoms with Gasteiger partial charge in [0.15, 0.2) is 0 Å². The van der Waals surface area contributed by atoms with E-state index in [2.05, 4.69) is 10.6 Å². The van der Waals surface area contributed by atoms with Crippen LogP contribution in [0.5, 0.6) is 0 Å². The molecule has 1 atom stereocenters. The van der Waals surface area contributed by atoms with E-state index in [9.17, 15) is 9.59 Å². The topological polar surface area (TPSA) is 96.7 Å². The highest BCUT2D eigenvalue weighted by atomic mass is 16.6. The van der Waals surface area contributed by atoms with Crippen LogP contribution >= 0.6 is 0 Å². The van der Waals surface area contributed by atoms with Gasteiger partial charge in [0, 0.05) is 17.8 Å². The summed E-state index contributed by atoms with van der Waals surface area (Å²) >= 11 is 0. The molecule has 2 aromatic carbocycles. The molecule has 29 heavy (non-hydrogen) atoms. The van der Waals surface area contributed by atoms with Crippen LogP contribution in [0, 0.1) is 5.92 Å². The molecule has 0 radical (unpaired) electrons. The van der Waals surface area contributed by atoms with Crippen LogP contribution in [0.25, 0.3) is 0 Å². The summed E-state index contributed by atoms with van der Waals surface area (Å²) in [5.74, 6) is 0.263. The van der Waals surface area contributed by atoms with Crippen LogP contribution < -0.4 is 21.3 Å². The summed E-state index contributed by atoms with van der Waals surface area (Å²) in [7, 11) is 0. The number of carbonyl (C=O) groups is 2. The average molecular weight is 394 g/mol. The third-order valence-electron chi connectivity index (χ3n) is 5.35. The number of nitrogen functional groups attached to an aromatic ring is 1. The molecule has 2 aromatic rings. The largest absolute Gasteiger partial charge is 0.449 e. The Labute approximate surface area is 170 Å². The first-order chi connectivity index (χ1) is 14.1. The summed E-state index contributed by atoms with van der Waals surface area (Å²) in [5.41, 5.74) is 8.20. The number of benzene rings is 2. The number of hydrogen-bond acceptors (Lipinski definition) is 5. The molecule has 7 nitrogen and oxygen atoms in total. The van der Waals surface area contributed by atoms with Crippen LogP contribution in [0.1, 0.15) is 29.6 Å². The summed E-state index contributed by atoms with van der Waals surface area (Å²) in [4.78, 5) is 27.0. The molecule has 7 heteroatoms. The summed E-state index contributed by atoms with van der Waals surface area (Å²) in [5, 5.41) is 6.11. The number of para-hydroxylation sites is 2. The summed E-state index contributed by atoms with van der Waals surface area (Å²) < 4.78 is 5.53. The average Bonchev–Trinajstić information content (AvgIpc) is 3.42. The van der Waals surface area contributed by atoms with E-state index in [1.54, 1.807) is 41.3 Å². The van der Waals surface area contributed by atoms with Crippen LogP contribution in [-0.4, -0.2) is 37.7 Å². The van der Waals surface area contributed by atoms with E-state index in [4.69, 9.17) is 10.5 Å². The van der Waals surface area contributed by atoms with Crippen molar-refractivity contribution in [2.24, 2.45) is 5.92 Å². The second kappa shape index (κ2) is 8.53. The fourth-order valence-corrected chi connectivity index (χ4v) is 3.45. The van der Waals surface area contributed by atoms with Gasteiger partial charge in [-0.1, -0.05) is 12.1 Å². The van der Waals surface area contributed by atoms with Gasteiger partial charge in [-0.05, 0) is 68.1 Å². The minimum absolute atomic E-state index is 0.0468. The Morgan fingerprint density at radius 3 is 2.52 bits per heavy atom. The third kappa shape index (κ3) is 4.68. The molecule has 2 amide bonds. The summed E-state index contributed by atoms with van der Waals surface area (Å²) in [6.07, 6.45) is 2.82. The molecule has 4 rings (SSSR count). The zero-order valence-electron chi connectivity index (χ0n) is 16.3. The predicted octanol–water partition coefficient (Wildman–Crippen LogP) is 3.24. The molecule has 1 aliphatic heterocycles. The van der Waals surface area contributed by atoms with Crippen molar-refractivity contribution >= 4 is 29.1 Å². The van der Waals surface area contributed by atoms with E-state index < -0.39 is 0 Å².